The molecular formula is C17H14BrIN2O2. The highest BCUT2D eigenvalue weighted by Gasteiger charge is 2.18. The van der Waals surface area contributed by atoms with Crippen molar-refractivity contribution in [2.24, 2.45) is 0 Å². The van der Waals surface area contributed by atoms with E-state index in [1.807, 2.05) is 41.7 Å². The lowest BCUT2D eigenvalue weighted by atomic mass is 10.1. The van der Waals surface area contributed by atoms with Gasteiger partial charge >= 0.3 is 0 Å². The number of hydrogen-bond acceptors (Lipinski definition) is 3. The number of phenols is 1. The Morgan fingerprint density at radius 3 is 2.74 bits per heavy atom. The van der Waals surface area contributed by atoms with Crippen LogP contribution in [0.15, 0.2) is 34.8 Å². The predicted octanol–water partition coefficient (Wildman–Crippen LogP) is 4.84. The molecule has 0 fully saturated rings. The average Bonchev–Trinajstić information content (AvgIpc) is 2.90. The fraction of sp³-hybridized carbons (Fsp3) is 0.176. The third kappa shape index (κ3) is 2.78. The van der Waals surface area contributed by atoms with Crippen LogP contribution in [-0.4, -0.2) is 20.3 Å². The zero-order chi connectivity index (χ0) is 16.7. The van der Waals surface area contributed by atoms with Crippen LogP contribution in [0.1, 0.15) is 30.0 Å². The highest BCUT2D eigenvalue weighted by Crippen LogP contribution is 2.35. The van der Waals surface area contributed by atoms with Crippen LogP contribution in [0.4, 0.5) is 0 Å². The lowest BCUT2D eigenvalue weighted by Gasteiger charge is -2.10. The van der Waals surface area contributed by atoms with Crippen molar-refractivity contribution >= 4 is 50.0 Å². The molecule has 0 spiro atoms. The Morgan fingerprint density at radius 1 is 1.39 bits per heavy atom. The molecule has 0 atom stereocenters. The van der Waals surface area contributed by atoms with Crippen molar-refractivity contribution in [3.05, 3.63) is 49.8 Å². The number of ketones is 1. The molecule has 0 unspecified atom stereocenters. The van der Waals surface area contributed by atoms with Crippen LogP contribution in [0.5, 0.6) is 5.75 Å². The van der Waals surface area contributed by atoms with Gasteiger partial charge in [0.05, 0.1) is 19.4 Å². The normalized spacial score (nSPS) is 11.1. The Morgan fingerprint density at radius 2 is 2.13 bits per heavy atom. The molecule has 0 aliphatic carbocycles. The van der Waals surface area contributed by atoms with E-state index in [9.17, 15) is 9.90 Å². The summed E-state index contributed by atoms with van der Waals surface area (Å²) in [4.78, 5) is 16.7. The van der Waals surface area contributed by atoms with Crippen molar-refractivity contribution in [1.29, 1.82) is 0 Å². The van der Waals surface area contributed by atoms with Crippen LogP contribution in [0, 0.1) is 3.57 Å². The van der Waals surface area contributed by atoms with E-state index in [1.54, 1.807) is 6.92 Å². The minimum atomic E-state index is -0.00524. The summed E-state index contributed by atoms with van der Waals surface area (Å²) in [5.41, 5.74) is 3.96. The molecular weight excluding hydrogens is 471 g/mol. The molecule has 0 aliphatic rings. The van der Waals surface area contributed by atoms with Crippen molar-refractivity contribution in [1.82, 2.24) is 9.38 Å². The van der Waals surface area contributed by atoms with E-state index in [4.69, 9.17) is 0 Å². The van der Waals surface area contributed by atoms with Gasteiger partial charge in [-0.25, -0.2) is 4.98 Å². The summed E-state index contributed by atoms with van der Waals surface area (Å²) in [5.74, 6) is 0.211. The quantitative estimate of drug-likeness (QED) is 0.427. The Hall–Kier alpha value is -1.41. The second-order valence-corrected chi connectivity index (χ2v) is 7.23. The number of hydrogen-bond donors (Lipinski definition) is 1. The number of benzene rings is 1. The zero-order valence-corrected chi connectivity index (χ0v) is 16.3. The molecule has 3 aromatic rings. The number of carbonyl (C=O) groups is 1. The number of rotatable bonds is 3. The fourth-order valence-electron chi connectivity index (χ4n) is 2.69. The maximum Gasteiger partial charge on any atom is 0.178 e. The molecule has 0 amide bonds. The summed E-state index contributed by atoms with van der Waals surface area (Å²) in [5, 5.41) is 9.95. The molecule has 0 saturated carbocycles. The Kier molecular flexibility index (Phi) is 4.46. The number of aromatic nitrogens is 2. The number of halogens is 2. The SMILES string of the molecule is CCc1nc2cccc(-c3cc(Br)c(O)c(I)c3)n2c1C(C)=O. The number of nitrogens with zero attached hydrogens (tertiary/aromatic N) is 2. The van der Waals surface area contributed by atoms with Gasteiger partial charge in [0.1, 0.15) is 17.1 Å². The predicted molar refractivity (Wildman–Crippen MR) is 102 cm³/mol. The standard InChI is InChI=1S/C17H14BrIN2O2/c1-3-13-16(9(2)22)21-14(5-4-6-15(21)20-13)10-7-11(18)17(23)12(19)8-10/h4-8,23H,3H2,1-2H3. The van der Waals surface area contributed by atoms with Crippen LogP contribution < -0.4 is 0 Å². The van der Waals surface area contributed by atoms with Crippen LogP contribution in [0.25, 0.3) is 16.9 Å². The Labute approximate surface area is 155 Å². The number of fused-ring (bicyclic) bond motifs is 1. The molecule has 0 saturated heterocycles. The number of pyridine rings is 1. The van der Waals surface area contributed by atoms with E-state index < -0.39 is 0 Å². The third-order valence-electron chi connectivity index (χ3n) is 3.70. The topological polar surface area (TPSA) is 54.6 Å². The van der Waals surface area contributed by atoms with E-state index >= 15 is 0 Å². The summed E-state index contributed by atoms with van der Waals surface area (Å²) in [6.45, 7) is 3.56. The molecule has 1 N–H and O–H groups in total. The molecule has 2 aromatic heterocycles. The van der Waals surface area contributed by atoms with Crippen molar-refractivity contribution < 1.29 is 9.90 Å². The van der Waals surface area contributed by atoms with Gasteiger partial charge in [-0.15, -0.1) is 0 Å². The lowest BCUT2D eigenvalue weighted by Crippen LogP contribution is -2.04. The monoisotopic (exact) mass is 484 g/mol. The number of carbonyl (C=O) groups excluding carboxylic acids is 1. The first kappa shape index (κ1) is 16.4. The molecule has 0 radical (unpaired) electrons. The number of aromatic hydroxyl groups is 1. The van der Waals surface area contributed by atoms with Crippen LogP contribution in [0.3, 0.4) is 0 Å². The average molecular weight is 485 g/mol. The molecule has 3 rings (SSSR count). The van der Waals surface area contributed by atoms with Gasteiger partial charge in [-0.2, -0.15) is 0 Å². The van der Waals surface area contributed by atoms with Crippen LogP contribution in [0.2, 0.25) is 0 Å². The Balaban J connectivity index is 2.38. The fourth-order valence-corrected chi connectivity index (χ4v) is 4.14. The van der Waals surface area contributed by atoms with Gasteiger partial charge in [0.15, 0.2) is 5.78 Å². The number of imidazole rings is 1. The maximum atomic E-state index is 12.2. The summed E-state index contributed by atoms with van der Waals surface area (Å²) in [7, 11) is 0. The highest BCUT2D eigenvalue weighted by molar-refractivity contribution is 14.1. The first-order chi connectivity index (χ1) is 10.9. The highest BCUT2D eigenvalue weighted by atomic mass is 127. The molecule has 1 aromatic carbocycles. The molecule has 6 heteroatoms. The van der Waals surface area contributed by atoms with Gasteiger partial charge in [-0.3, -0.25) is 9.20 Å². The smallest absolute Gasteiger partial charge is 0.178 e. The first-order valence-corrected chi connectivity index (χ1v) is 9.00. The maximum absolute atomic E-state index is 12.2. The third-order valence-corrected chi connectivity index (χ3v) is 5.12. The van der Waals surface area contributed by atoms with Gasteiger partial charge in [-0.05, 0) is 69.2 Å². The van der Waals surface area contributed by atoms with Crippen molar-refractivity contribution in [2.45, 2.75) is 20.3 Å². The van der Waals surface area contributed by atoms with Crippen molar-refractivity contribution in [3.8, 4) is 17.0 Å². The second kappa shape index (κ2) is 6.24. The van der Waals surface area contributed by atoms with E-state index in [1.165, 1.54) is 0 Å². The summed E-state index contributed by atoms with van der Waals surface area (Å²) >= 11 is 5.47. The minimum Gasteiger partial charge on any atom is -0.506 e. The molecule has 118 valence electrons. The van der Waals surface area contributed by atoms with Gasteiger partial charge in [-0.1, -0.05) is 13.0 Å². The number of aryl methyl sites for hydroxylation is 1. The molecule has 23 heavy (non-hydrogen) atoms. The molecule has 0 bridgehead atoms. The molecule has 2 heterocycles. The summed E-state index contributed by atoms with van der Waals surface area (Å²) in [6, 6.07) is 9.52. The first-order valence-electron chi connectivity index (χ1n) is 7.13. The number of Topliss-reactive ketones (excluding diaryl/α,β-unsaturated/α-hetero) is 1. The van der Waals surface area contributed by atoms with Crippen molar-refractivity contribution in [2.75, 3.05) is 0 Å². The summed E-state index contributed by atoms with van der Waals surface area (Å²) < 4.78 is 3.26. The van der Waals surface area contributed by atoms with E-state index in [0.717, 1.165) is 26.2 Å². The molecule has 4 nitrogen and oxygen atoms in total. The zero-order valence-electron chi connectivity index (χ0n) is 12.6. The van der Waals surface area contributed by atoms with Crippen LogP contribution >= 0.6 is 38.5 Å². The lowest BCUT2D eigenvalue weighted by molar-refractivity contribution is 0.101. The van der Waals surface area contributed by atoms with E-state index in [-0.39, 0.29) is 11.5 Å². The van der Waals surface area contributed by atoms with E-state index in [2.05, 4.69) is 43.5 Å². The molecule has 0 aliphatic heterocycles. The minimum absolute atomic E-state index is 0.00524. The van der Waals surface area contributed by atoms with Crippen molar-refractivity contribution in [3.63, 3.8) is 0 Å². The Bertz CT molecular complexity index is 911. The second-order valence-electron chi connectivity index (χ2n) is 5.21. The van der Waals surface area contributed by atoms with E-state index in [0.29, 0.717) is 16.6 Å². The van der Waals surface area contributed by atoms with Gasteiger partial charge in [0.25, 0.3) is 0 Å². The van der Waals surface area contributed by atoms with Gasteiger partial charge in [0, 0.05) is 12.5 Å². The largest absolute Gasteiger partial charge is 0.506 e. The van der Waals surface area contributed by atoms with Crippen LogP contribution in [-0.2, 0) is 6.42 Å². The van der Waals surface area contributed by atoms with Gasteiger partial charge < -0.3 is 5.11 Å². The number of phenolic OH excluding ortho intramolecular Hbond substituents is 1. The summed E-state index contributed by atoms with van der Waals surface area (Å²) in [6.07, 6.45) is 0.701. The van der Waals surface area contributed by atoms with Gasteiger partial charge in [0.2, 0.25) is 0 Å².